The van der Waals surface area contributed by atoms with E-state index in [-0.39, 0.29) is 0 Å². The summed E-state index contributed by atoms with van der Waals surface area (Å²) in [5.74, 6) is 0.618. The highest BCUT2D eigenvalue weighted by atomic mass is 35.5. The maximum absolute atomic E-state index is 5.97. The number of halogens is 2. The van der Waals surface area contributed by atoms with Crippen LogP contribution in [0, 0.1) is 0 Å². The Bertz CT molecular complexity index is 332. The van der Waals surface area contributed by atoms with E-state index >= 15 is 0 Å². The van der Waals surface area contributed by atoms with Crippen molar-refractivity contribution in [2.75, 3.05) is 7.11 Å². The quantitative estimate of drug-likeness (QED) is 0.726. The number of ether oxygens (including phenoxy) is 1. The molecule has 0 unspecified atom stereocenters. The van der Waals surface area contributed by atoms with Crippen LogP contribution in [0.5, 0.6) is 5.75 Å². The molecule has 3 heteroatoms. The van der Waals surface area contributed by atoms with Gasteiger partial charge in [-0.25, -0.2) is 0 Å². The van der Waals surface area contributed by atoms with Crippen molar-refractivity contribution in [3.63, 3.8) is 0 Å². The molecule has 1 aromatic rings. The monoisotopic (exact) mass is 216 g/mol. The average molecular weight is 217 g/mol. The van der Waals surface area contributed by atoms with Gasteiger partial charge in [0.2, 0.25) is 0 Å². The van der Waals surface area contributed by atoms with Gasteiger partial charge in [0.15, 0.2) is 0 Å². The summed E-state index contributed by atoms with van der Waals surface area (Å²) in [5, 5.41) is 1.21. The van der Waals surface area contributed by atoms with Gasteiger partial charge < -0.3 is 4.74 Å². The Morgan fingerprint density at radius 3 is 2.38 bits per heavy atom. The lowest BCUT2D eigenvalue weighted by Crippen LogP contribution is -1.88. The van der Waals surface area contributed by atoms with Crippen LogP contribution in [0.4, 0.5) is 0 Å². The molecule has 0 atom stereocenters. The molecule has 70 valence electrons. The van der Waals surface area contributed by atoms with Gasteiger partial charge in [-0.05, 0) is 19.1 Å². The van der Waals surface area contributed by atoms with Crippen LogP contribution in [0.3, 0.4) is 0 Å². The summed E-state index contributed by atoms with van der Waals surface area (Å²) in [5.41, 5.74) is 0.819. The molecule has 0 saturated carbocycles. The fourth-order valence-corrected chi connectivity index (χ4v) is 1.53. The zero-order chi connectivity index (χ0) is 9.84. The zero-order valence-corrected chi connectivity index (χ0v) is 8.99. The maximum atomic E-state index is 5.97. The van der Waals surface area contributed by atoms with Gasteiger partial charge in [-0.3, -0.25) is 0 Å². The van der Waals surface area contributed by atoms with E-state index in [2.05, 4.69) is 0 Å². The zero-order valence-electron chi connectivity index (χ0n) is 7.47. The number of allylic oxidation sites excluding steroid dienone is 1. The summed E-state index contributed by atoms with van der Waals surface area (Å²) < 4.78 is 5.14. The molecule has 0 aromatic heterocycles. The molecule has 13 heavy (non-hydrogen) atoms. The van der Waals surface area contributed by atoms with Gasteiger partial charge in [0, 0.05) is 5.56 Å². The van der Waals surface area contributed by atoms with Gasteiger partial charge in [0.05, 0.1) is 17.2 Å². The summed E-state index contributed by atoms with van der Waals surface area (Å²) in [6.07, 6.45) is 3.76. The molecule has 0 fully saturated rings. The Kier molecular flexibility index (Phi) is 3.64. The van der Waals surface area contributed by atoms with Crippen LogP contribution in [0.2, 0.25) is 10.0 Å². The van der Waals surface area contributed by atoms with Crippen LogP contribution < -0.4 is 4.74 Å². The average Bonchev–Trinajstić information content (AvgIpc) is 2.12. The Balaban J connectivity index is 3.34. The molecule has 0 saturated heterocycles. The minimum absolute atomic E-state index is 0.569. The van der Waals surface area contributed by atoms with Crippen molar-refractivity contribution in [1.82, 2.24) is 0 Å². The van der Waals surface area contributed by atoms with Crippen molar-refractivity contribution in [2.24, 2.45) is 0 Å². The summed E-state index contributed by atoms with van der Waals surface area (Å²) in [6.45, 7) is 1.91. The number of hydrogen-bond acceptors (Lipinski definition) is 1. The van der Waals surface area contributed by atoms with Crippen LogP contribution in [0.25, 0.3) is 6.08 Å². The summed E-state index contributed by atoms with van der Waals surface area (Å²) in [4.78, 5) is 0. The molecule has 0 bridgehead atoms. The van der Waals surface area contributed by atoms with Gasteiger partial charge in [-0.15, -0.1) is 0 Å². The molecule has 0 aliphatic carbocycles. The lowest BCUT2D eigenvalue weighted by Gasteiger charge is -2.08. The van der Waals surface area contributed by atoms with Gasteiger partial charge in [0.25, 0.3) is 0 Å². The molecule has 1 nitrogen and oxygen atoms in total. The molecular formula is C10H10Cl2O. The number of rotatable bonds is 2. The SMILES string of the molecule is CC=Cc1c(Cl)ccc(Cl)c1OC. The molecule has 0 amide bonds. The highest BCUT2D eigenvalue weighted by Crippen LogP contribution is 2.34. The second kappa shape index (κ2) is 4.54. The van der Waals surface area contributed by atoms with Crippen molar-refractivity contribution in [3.8, 4) is 5.75 Å². The van der Waals surface area contributed by atoms with E-state index in [0.29, 0.717) is 15.8 Å². The first-order chi connectivity index (χ1) is 6.20. The largest absolute Gasteiger partial charge is 0.495 e. The lowest BCUT2D eigenvalue weighted by molar-refractivity contribution is 0.414. The standard InChI is InChI=1S/C10H10Cl2O/c1-3-4-7-8(11)5-6-9(12)10(7)13-2/h3-6H,1-2H3. The number of methoxy groups -OCH3 is 1. The first-order valence-electron chi connectivity index (χ1n) is 3.85. The first kappa shape index (κ1) is 10.4. The Morgan fingerprint density at radius 1 is 1.23 bits per heavy atom. The molecule has 0 N–H and O–H groups in total. The fraction of sp³-hybridized carbons (Fsp3) is 0.200. The summed E-state index contributed by atoms with van der Waals surface area (Å²) in [6, 6.07) is 3.47. The third kappa shape index (κ3) is 2.17. The van der Waals surface area contributed by atoms with Gasteiger partial charge in [0.1, 0.15) is 5.75 Å². The van der Waals surface area contributed by atoms with E-state index in [0.717, 1.165) is 5.56 Å². The van der Waals surface area contributed by atoms with E-state index in [9.17, 15) is 0 Å². The maximum Gasteiger partial charge on any atom is 0.146 e. The second-order valence-electron chi connectivity index (χ2n) is 2.48. The number of hydrogen-bond donors (Lipinski definition) is 0. The topological polar surface area (TPSA) is 9.23 Å². The van der Waals surface area contributed by atoms with Crippen molar-refractivity contribution >= 4 is 29.3 Å². The highest BCUT2D eigenvalue weighted by molar-refractivity contribution is 6.35. The highest BCUT2D eigenvalue weighted by Gasteiger charge is 2.08. The molecule has 0 aliphatic rings. The Labute approximate surface area is 87.9 Å². The van der Waals surface area contributed by atoms with E-state index in [4.69, 9.17) is 27.9 Å². The van der Waals surface area contributed by atoms with Crippen LogP contribution >= 0.6 is 23.2 Å². The van der Waals surface area contributed by atoms with Crippen molar-refractivity contribution in [2.45, 2.75) is 6.92 Å². The van der Waals surface area contributed by atoms with Crippen molar-refractivity contribution in [1.29, 1.82) is 0 Å². The minimum atomic E-state index is 0.569. The van der Waals surface area contributed by atoms with Crippen LogP contribution in [0.15, 0.2) is 18.2 Å². The van der Waals surface area contributed by atoms with Gasteiger partial charge in [-0.2, -0.15) is 0 Å². The molecular weight excluding hydrogens is 207 g/mol. The van der Waals surface area contributed by atoms with Crippen molar-refractivity contribution < 1.29 is 4.74 Å². The fourth-order valence-electron chi connectivity index (χ4n) is 1.08. The van der Waals surface area contributed by atoms with E-state index in [1.807, 2.05) is 19.1 Å². The van der Waals surface area contributed by atoms with Crippen LogP contribution in [-0.4, -0.2) is 7.11 Å². The van der Waals surface area contributed by atoms with Gasteiger partial charge in [-0.1, -0.05) is 35.4 Å². The predicted octanol–water partition coefficient (Wildman–Crippen LogP) is 4.04. The van der Waals surface area contributed by atoms with Crippen molar-refractivity contribution in [3.05, 3.63) is 33.8 Å². The van der Waals surface area contributed by atoms with E-state index in [1.54, 1.807) is 19.2 Å². The summed E-state index contributed by atoms with van der Waals surface area (Å²) in [7, 11) is 1.57. The lowest BCUT2D eigenvalue weighted by atomic mass is 10.2. The van der Waals surface area contributed by atoms with E-state index in [1.165, 1.54) is 0 Å². The van der Waals surface area contributed by atoms with E-state index < -0.39 is 0 Å². The molecule has 0 radical (unpaired) electrons. The smallest absolute Gasteiger partial charge is 0.146 e. The molecule has 1 rings (SSSR count). The summed E-state index contributed by atoms with van der Waals surface area (Å²) >= 11 is 11.9. The molecule has 1 aromatic carbocycles. The van der Waals surface area contributed by atoms with Crippen LogP contribution in [-0.2, 0) is 0 Å². The number of benzene rings is 1. The predicted molar refractivity (Wildman–Crippen MR) is 57.7 cm³/mol. The minimum Gasteiger partial charge on any atom is -0.495 e. The second-order valence-corrected chi connectivity index (χ2v) is 3.29. The Morgan fingerprint density at radius 2 is 1.85 bits per heavy atom. The van der Waals surface area contributed by atoms with Crippen LogP contribution in [0.1, 0.15) is 12.5 Å². The Hall–Kier alpha value is -0.660. The first-order valence-corrected chi connectivity index (χ1v) is 4.61. The molecule has 0 aliphatic heterocycles. The normalized spacial score (nSPS) is 10.8. The third-order valence-electron chi connectivity index (χ3n) is 1.63. The third-order valence-corrected chi connectivity index (χ3v) is 2.26. The molecule has 0 heterocycles. The van der Waals surface area contributed by atoms with Gasteiger partial charge >= 0.3 is 0 Å². The molecule has 0 spiro atoms.